The van der Waals surface area contributed by atoms with Crippen molar-refractivity contribution in [3.8, 4) is 29.0 Å². The van der Waals surface area contributed by atoms with E-state index in [-0.39, 0.29) is 11.6 Å². The summed E-state index contributed by atoms with van der Waals surface area (Å²) in [5, 5.41) is 0. The minimum atomic E-state index is -3.01. The first kappa shape index (κ1) is 20.5. The number of anilines is 1. The zero-order valence-electron chi connectivity index (χ0n) is 17.3. The first-order chi connectivity index (χ1) is 14.9. The molecule has 0 atom stereocenters. The third-order valence-electron chi connectivity index (χ3n) is 4.69. The summed E-state index contributed by atoms with van der Waals surface area (Å²) in [5.41, 5.74) is 4.51. The monoisotopic (exact) mass is 416 g/mol. The van der Waals surface area contributed by atoms with Crippen molar-refractivity contribution in [3.05, 3.63) is 77.4 Å². The SMILES string of the molecule is Cc1cc(C#Cc2ccc(N(C)C)cc2)c(OB(F)F)c(-c2nc3ccccc3o2)c1. The number of hydrogen-bond acceptors (Lipinski definition) is 4. The molecule has 1 heterocycles. The number of hydrogen-bond donors (Lipinski definition) is 0. The Morgan fingerprint density at radius 1 is 1.00 bits per heavy atom. The maximum absolute atomic E-state index is 13.3. The second-order valence-electron chi connectivity index (χ2n) is 7.25. The Morgan fingerprint density at radius 2 is 1.74 bits per heavy atom. The first-order valence-electron chi connectivity index (χ1n) is 9.65. The zero-order chi connectivity index (χ0) is 22.0. The van der Waals surface area contributed by atoms with Crippen molar-refractivity contribution in [3.63, 3.8) is 0 Å². The topological polar surface area (TPSA) is 38.5 Å². The van der Waals surface area contributed by atoms with Gasteiger partial charge in [-0.15, -0.1) is 0 Å². The number of halogens is 2. The standard InChI is InChI=1S/C24H19BF2N2O2/c1-16-14-18(11-8-17-9-12-19(13-10-17)29(2)3)23(31-25(26)27)20(15-16)24-28-21-6-4-5-7-22(21)30-24/h4-7,9-10,12-15H,1-3H3. The van der Waals surface area contributed by atoms with E-state index in [0.717, 1.165) is 16.8 Å². The molecule has 0 spiro atoms. The summed E-state index contributed by atoms with van der Waals surface area (Å²) in [6, 6.07) is 18.3. The van der Waals surface area contributed by atoms with Crippen LogP contribution in [0.2, 0.25) is 0 Å². The van der Waals surface area contributed by atoms with Gasteiger partial charge >= 0.3 is 7.47 Å². The highest BCUT2D eigenvalue weighted by molar-refractivity contribution is 6.35. The van der Waals surface area contributed by atoms with Crippen molar-refractivity contribution in [1.82, 2.24) is 4.98 Å². The Morgan fingerprint density at radius 3 is 2.42 bits per heavy atom. The van der Waals surface area contributed by atoms with Crippen LogP contribution in [-0.4, -0.2) is 26.5 Å². The number of rotatable bonds is 4. The van der Waals surface area contributed by atoms with Gasteiger partial charge in [0.05, 0.1) is 11.1 Å². The minimum Gasteiger partial charge on any atom is -0.503 e. The van der Waals surface area contributed by atoms with Crippen molar-refractivity contribution >= 4 is 24.3 Å². The molecule has 0 aliphatic rings. The van der Waals surface area contributed by atoms with Crippen molar-refractivity contribution in [2.45, 2.75) is 6.92 Å². The molecule has 0 aliphatic heterocycles. The van der Waals surface area contributed by atoms with E-state index in [2.05, 4.69) is 16.8 Å². The van der Waals surface area contributed by atoms with Crippen LogP contribution in [0.1, 0.15) is 16.7 Å². The summed E-state index contributed by atoms with van der Waals surface area (Å²) >= 11 is 0. The lowest BCUT2D eigenvalue weighted by Crippen LogP contribution is -2.11. The molecule has 0 amide bonds. The highest BCUT2D eigenvalue weighted by Crippen LogP contribution is 2.36. The molecule has 3 aromatic carbocycles. The van der Waals surface area contributed by atoms with Gasteiger partial charge in [0.15, 0.2) is 5.58 Å². The van der Waals surface area contributed by atoms with Gasteiger partial charge in [0.2, 0.25) is 5.89 Å². The predicted octanol–water partition coefficient (Wildman–Crippen LogP) is 5.57. The molecule has 0 fully saturated rings. The minimum absolute atomic E-state index is 0.0513. The Hall–Kier alpha value is -3.79. The van der Waals surface area contributed by atoms with E-state index in [1.807, 2.05) is 62.3 Å². The number of aryl methyl sites for hydroxylation is 1. The van der Waals surface area contributed by atoms with Crippen molar-refractivity contribution in [1.29, 1.82) is 0 Å². The van der Waals surface area contributed by atoms with E-state index in [1.165, 1.54) is 0 Å². The lowest BCUT2D eigenvalue weighted by molar-refractivity contribution is 0.425. The molecule has 4 aromatic rings. The highest BCUT2D eigenvalue weighted by atomic mass is 19.2. The quantitative estimate of drug-likeness (QED) is 0.322. The third kappa shape index (κ3) is 4.54. The molecule has 0 saturated heterocycles. The molecule has 0 bridgehead atoms. The number of benzene rings is 3. The molecule has 0 aliphatic carbocycles. The lowest BCUT2D eigenvalue weighted by Gasteiger charge is -2.12. The van der Waals surface area contributed by atoms with E-state index in [9.17, 15) is 8.63 Å². The molecular weight excluding hydrogens is 397 g/mol. The maximum Gasteiger partial charge on any atom is 0.796 e. The van der Waals surface area contributed by atoms with E-state index in [0.29, 0.717) is 22.2 Å². The summed E-state index contributed by atoms with van der Waals surface area (Å²) in [6.07, 6.45) is 0. The van der Waals surface area contributed by atoms with Gasteiger partial charge in [0.1, 0.15) is 11.3 Å². The van der Waals surface area contributed by atoms with Crippen LogP contribution in [0.25, 0.3) is 22.6 Å². The summed E-state index contributed by atoms with van der Waals surface area (Å²) in [4.78, 5) is 6.42. The van der Waals surface area contributed by atoms with Crippen LogP contribution in [-0.2, 0) is 0 Å². The van der Waals surface area contributed by atoms with Crippen LogP contribution in [0.5, 0.6) is 5.75 Å². The van der Waals surface area contributed by atoms with Crippen LogP contribution >= 0.6 is 0 Å². The first-order valence-corrected chi connectivity index (χ1v) is 9.65. The summed E-state index contributed by atoms with van der Waals surface area (Å²) in [6.45, 7) is 1.86. The Balaban J connectivity index is 1.81. The van der Waals surface area contributed by atoms with Gasteiger partial charge in [-0.2, -0.15) is 0 Å². The summed E-state index contributed by atoms with van der Waals surface area (Å²) < 4.78 is 37.2. The highest BCUT2D eigenvalue weighted by Gasteiger charge is 2.25. The molecule has 0 N–H and O–H groups in total. The smallest absolute Gasteiger partial charge is 0.503 e. The average Bonchev–Trinajstić information content (AvgIpc) is 3.17. The molecule has 7 heteroatoms. The average molecular weight is 416 g/mol. The molecule has 4 rings (SSSR count). The Labute approximate surface area is 179 Å². The number of oxazole rings is 1. The molecule has 1 aromatic heterocycles. The van der Waals surface area contributed by atoms with Crippen LogP contribution in [0.4, 0.5) is 14.3 Å². The molecule has 0 saturated carbocycles. The van der Waals surface area contributed by atoms with Gasteiger partial charge in [-0.25, -0.2) is 13.6 Å². The van der Waals surface area contributed by atoms with Gasteiger partial charge in [0.25, 0.3) is 0 Å². The molecule has 31 heavy (non-hydrogen) atoms. The predicted molar refractivity (Wildman–Crippen MR) is 120 cm³/mol. The molecule has 0 radical (unpaired) electrons. The van der Waals surface area contributed by atoms with E-state index < -0.39 is 7.47 Å². The van der Waals surface area contributed by atoms with Gasteiger partial charge in [-0.1, -0.05) is 24.0 Å². The largest absolute Gasteiger partial charge is 0.796 e. The zero-order valence-corrected chi connectivity index (χ0v) is 17.3. The third-order valence-corrected chi connectivity index (χ3v) is 4.69. The van der Waals surface area contributed by atoms with Gasteiger partial charge in [-0.3, -0.25) is 0 Å². The fourth-order valence-electron chi connectivity index (χ4n) is 3.21. The van der Waals surface area contributed by atoms with Crippen molar-refractivity contribution in [2.75, 3.05) is 19.0 Å². The van der Waals surface area contributed by atoms with Gasteiger partial charge in [0, 0.05) is 25.3 Å². The van der Waals surface area contributed by atoms with Crippen molar-refractivity contribution < 1.29 is 17.7 Å². The van der Waals surface area contributed by atoms with Crippen LogP contribution in [0.15, 0.2) is 65.1 Å². The fourth-order valence-corrected chi connectivity index (χ4v) is 3.21. The second-order valence-corrected chi connectivity index (χ2v) is 7.25. The Kier molecular flexibility index (Phi) is 5.63. The van der Waals surface area contributed by atoms with Gasteiger partial charge in [-0.05, 0) is 61.0 Å². The maximum atomic E-state index is 13.3. The van der Waals surface area contributed by atoms with E-state index in [4.69, 9.17) is 9.07 Å². The van der Waals surface area contributed by atoms with Gasteiger partial charge < -0.3 is 14.0 Å². The van der Waals surface area contributed by atoms with Crippen molar-refractivity contribution in [2.24, 2.45) is 0 Å². The second kappa shape index (κ2) is 8.53. The van der Waals surface area contributed by atoms with E-state index >= 15 is 0 Å². The summed E-state index contributed by atoms with van der Waals surface area (Å²) in [7, 11) is 0.898. The summed E-state index contributed by atoms with van der Waals surface area (Å²) in [5.74, 6) is 6.16. The fraction of sp³-hybridized carbons (Fsp3) is 0.125. The number of fused-ring (bicyclic) bond motifs is 1. The number of para-hydroxylation sites is 2. The van der Waals surface area contributed by atoms with Crippen LogP contribution in [0.3, 0.4) is 0 Å². The van der Waals surface area contributed by atoms with Crippen LogP contribution in [0, 0.1) is 18.8 Å². The molecule has 4 nitrogen and oxygen atoms in total. The lowest BCUT2D eigenvalue weighted by atomic mass is 10.0. The van der Waals surface area contributed by atoms with Crippen LogP contribution < -0.4 is 9.55 Å². The van der Waals surface area contributed by atoms with E-state index in [1.54, 1.807) is 24.3 Å². The Bertz CT molecular complexity index is 1260. The molecule has 0 unspecified atom stereocenters. The normalized spacial score (nSPS) is 10.5. The molecule has 154 valence electrons. The number of aromatic nitrogens is 1. The molecular formula is C24H19BF2N2O2. The number of nitrogens with zero attached hydrogens (tertiary/aromatic N) is 2.